The molecule has 1 atom stereocenters. The van der Waals surface area contributed by atoms with E-state index in [1.54, 1.807) is 6.07 Å². The lowest BCUT2D eigenvalue weighted by atomic mass is 10.1. The van der Waals surface area contributed by atoms with Crippen LogP contribution in [0.2, 0.25) is 0 Å². The van der Waals surface area contributed by atoms with Gasteiger partial charge in [0.25, 0.3) is 0 Å². The molecule has 1 heterocycles. The summed E-state index contributed by atoms with van der Waals surface area (Å²) in [5, 5.41) is -0.415. The lowest BCUT2D eigenvalue weighted by Gasteiger charge is -2.08. The normalized spacial score (nSPS) is 12.7. The van der Waals surface area contributed by atoms with Crippen LogP contribution in [0.3, 0.4) is 0 Å². The zero-order valence-electron chi connectivity index (χ0n) is 8.08. The number of rotatable bonds is 2. The van der Waals surface area contributed by atoms with Gasteiger partial charge in [0.1, 0.15) is 0 Å². The molecule has 2 nitrogen and oxygen atoms in total. The molecule has 0 aliphatic heterocycles. The van der Waals surface area contributed by atoms with Crippen molar-refractivity contribution in [3.8, 4) is 5.88 Å². The van der Waals surface area contributed by atoms with Crippen molar-refractivity contribution in [2.75, 3.05) is 7.11 Å². The average molecular weight is 270 g/mol. The molecule has 1 aromatic heterocycles. The van der Waals surface area contributed by atoms with Gasteiger partial charge in [-0.3, -0.25) is 0 Å². The molecule has 2 rings (SSSR count). The second-order valence-corrected chi connectivity index (χ2v) is 3.88. The molecule has 0 aliphatic carbocycles. The molecule has 0 spiro atoms. The minimum atomic E-state index is -1.21. The first-order valence-electron chi connectivity index (χ1n) is 4.44. The van der Waals surface area contributed by atoms with Gasteiger partial charge in [0.05, 0.1) is 12.6 Å². The van der Waals surface area contributed by atoms with Gasteiger partial charge in [0.15, 0.2) is 5.08 Å². The molecule has 15 heavy (non-hydrogen) atoms. The molecule has 0 N–H and O–H groups in total. The molecular weight excluding hydrogens is 261 g/mol. The van der Waals surface area contributed by atoms with Crippen molar-refractivity contribution in [1.29, 1.82) is 0 Å². The highest BCUT2D eigenvalue weighted by Gasteiger charge is 2.12. The van der Waals surface area contributed by atoms with Gasteiger partial charge in [-0.05, 0) is 22.0 Å². The maximum Gasteiger partial charge on any atom is 0.213 e. The molecule has 0 bridgehead atoms. The number of aromatic nitrogens is 1. The van der Waals surface area contributed by atoms with Crippen molar-refractivity contribution in [3.05, 3.63) is 35.9 Å². The number of pyridine rings is 1. The van der Waals surface area contributed by atoms with Crippen molar-refractivity contribution < 1.29 is 9.13 Å². The van der Waals surface area contributed by atoms with E-state index >= 15 is 0 Å². The highest BCUT2D eigenvalue weighted by molar-refractivity contribution is 9.09. The fourth-order valence-corrected chi connectivity index (χ4v) is 1.84. The van der Waals surface area contributed by atoms with Crippen LogP contribution >= 0.6 is 15.9 Å². The number of para-hydroxylation sites is 1. The molecule has 0 radical (unpaired) electrons. The van der Waals surface area contributed by atoms with Gasteiger partial charge >= 0.3 is 0 Å². The number of hydrogen-bond donors (Lipinski definition) is 0. The first-order chi connectivity index (χ1) is 7.22. The Kier molecular flexibility index (Phi) is 2.86. The van der Waals surface area contributed by atoms with E-state index in [2.05, 4.69) is 20.9 Å². The third-order valence-electron chi connectivity index (χ3n) is 2.17. The largest absolute Gasteiger partial charge is 0.481 e. The number of alkyl halides is 2. The van der Waals surface area contributed by atoms with Crippen LogP contribution in [0, 0.1) is 0 Å². The van der Waals surface area contributed by atoms with Crippen LogP contribution in [0.25, 0.3) is 10.9 Å². The van der Waals surface area contributed by atoms with E-state index in [-0.39, 0.29) is 0 Å². The minimum absolute atomic E-state index is 0.422. The van der Waals surface area contributed by atoms with Gasteiger partial charge in [-0.25, -0.2) is 9.37 Å². The van der Waals surface area contributed by atoms with E-state index < -0.39 is 5.08 Å². The third kappa shape index (κ3) is 1.95. The number of ether oxygens (including phenoxy) is 1. The standard InChI is InChI=1S/C11H9BrFNO/c1-15-10-6-8(11(12)13)7-4-2-3-5-9(7)14-10/h2-6,11H,1H3. The first kappa shape index (κ1) is 10.4. The Morgan fingerprint density at radius 3 is 2.80 bits per heavy atom. The van der Waals surface area contributed by atoms with E-state index in [1.165, 1.54) is 7.11 Å². The maximum absolute atomic E-state index is 13.3. The Labute approximate surface area is 95.2 Å². The molecule has 0 saturated carbocycles. The average Bonchev–Trinajstić information content (AvgIpc) is 2.27. The molecule has 0 fully saturated rings. The van der Waals surface area contributed by atoms with Crippen molar-refractivity contribution in [3.63, 3.8) is 0 Å². The molecule has 1 unspecified atom stereocenters. The molecule has 78 valence electrons. The zero-order chi connectivity index (χ0) is 10.8. The van der Waals surface area contributed by atoms with Crippen LogP contribution < -0.4 is 4.74 Å². The van der Waals surface area contributed by atoms with E-state index in [0.717, 1.165) is 10.9 Å². The maximum atomic E-state index is 13.3. The summed E-state index contributed by atoms with van der Waals surface area (Å²) in [5.74, 6) is 0.422. The Hall–Kier alpha value is -1.16. The Balaban J connectivity index is 2.74. The third-order valence-corrected chi connectivity index (χ3v) is 2.66. The first-order valence-corrected chi connectivity index (χ1v) is 5.36. The number of hydrogen-bond acceptors (Lipinski definition) is 2. The summed E-state index contributed by atoms with van der Waals surface area (Å²) >= 11 is 2.92. The quantitative estimate of drug-likeness (QED) is 0.778. The smallest absolute Gasteiger partial charge is 0.213 e. The van der Waals surface area contributed by atoms with E-state index in [9.17, 15) is 4.39 Å². The number of nitrogens with zero attached hydrogens (tertiary/aromatic N) is 1. The highest BCUT2D eigenvalue weighted by Crippen LogP contribution is 2.32. The lowest BCUT2D eigenvalue weighted by Crippen LogP contribution is -1.93. The summed E-state index contributed by atoms with van der Waals surface area (Å²) in [6.45, 7) is 0. The number of benzene rings is 1. The van der Waals surface area contributed by atoms with E-state index in [1.807, 2.05) is 24.3 Å². The molecule has 1 aromatic carbocycles. The predicted octanol–water partition coefficient (Wildman–Crippen LogP) is 3.61. The van der Waals surface area contributed by atoms with Gasteiger partial charge in [-0.1, -0.05) is 18.2 Å². The predicted molar refractivity (Wildman–Crippen MR) is 61.1 cm³/mol. The molecule has 0 saturated heterocycles. The van der Waals surface area contributed by atoms with Crippen LogP contribution in [-0.4, -0.2) is 12.1 Å². The van der Waals surface area contributed by atoms with Gasteiger partial charge in [0, 0.05) is 17.0 Å². The minimum Gasteiger partial charge on any atom is -0.481 e. The van der Waals surface area contributed by atoms with Crippen LogP contribution in [0.4, 0.5) is 4.39 Å². The van der Waals surface area contributed by atoms with Crippen LogP contribution in [0.1, 0.15) is 10.6 Å². The summed E-state index contributed by atoms with van der Waals surface area (Å²) in [5.41, 5.74) is 1.27. The summed E-state index contributed by atoms with van der Waals surface area (Å²) < 4.78 is 18.3. The topological polar surface area (TPSA) is 22.1 Å². The Bertz CT molecular complexity index is 487. The highest BCUT2D eigenvalue weighted by atomic mass is 79.9. The van der Waals surface area contributed by atoms with Gasteiger partial charge < -0.3 is 4.74 Å². The van der Waals surface area contributed by atoms with Crippen LogP contribution in [-0.2, 0) is 0 Å². The molecule has 0 aliphatic rings. The zero-order valence-corrected chi connectivity index (χ0v) is 9.66. The number of fused-ring (bicyclic) bond motifs is 1. The molecule has 0 amide bonds. The SMILES string of the molecule is COc1cc(C(F)Br)c2ccccc2n1. The second kappa shape index (κ2) is 4.14. The lowest BCUT2D eigenvalue weighted by molar-refractivity contribution is 0.397. The molecular formula is C11H9BrFNO. The second-order valence-electron chi connectivity index (χ2n) is 3.07. The molecule has 4 heteroatoms. The van der Waals surface area contributed by atoms with Crippen LogP contribution in [0.5, 0.6) is 5.88 Å². The number of halogens is 2. The summed E-state index contributed by atoms with van der Waals surface area (Å²) in [4.78, 5) is 4.23. The number of methoxy groups -OCH3 is 1. The van der Waals surface area contributed by atoms with Gasteiger partial charge in [-0.2, -0.15) is 0 Å². The van der Waals surface area contributed by atoms with Crippen molar-refractivity contribution in [2.24, 2.45) is 0 Å². The fraction of sp³-hybridized carbons (Fsp3) is 0.182. The van der Waals surface area contributed by atoms with Crippen molar-refractivity contribution in [1.82, 2.24) is 4.98 Å². The molecule has 2 aromatic rings. The van der Waals surface area contributed by atoms with E-state index in [0.29, 0.717) is 11.4 Å². The monoisotopic (exact) mass is 269 g/mol. The Morgan fingerprint density at radius 2 is 2.13 bits per heavy atom. The fourth-order valence-electron chi connectivity index (χ4n) is 1.46. The van der Waals surface area contributed by atoms with Crippen molar-refractivity contribution >= 4 is 26.8 Å². The van der Waals surface area contributed by atoms with E-state index in [4.69, 9.17) is 4.74 Å². The summed E-state index contributed by atoms with van der Waals surface area (Å²) in [6, 6.07) is 8.98. The van der Waals surface area contributed by atoms with Crippen molar-refractivity contribution in [2.45, 2.75) is 5.08 Å². The van der Waals surface area contributed by atoms with Crippen LogP contribution in [0.15, 0.2) is 30.3 Å². The van der Waals surface area contributed by atoms with Gasteiger partial charge in [0.2, 0.25) is 5.88 Å². The van der Waals surface area contributed by atoms with Gasteiger partial charge in [-0.15, -0.1) is 0 Å². The summed E-state index contributed by atoms with van der Waals surface area (Å²) in [7, 11) is 1.52. The summed E-state index contributed by atoms with van der Waals surface area (Å²) in [6.07, 6.45) is 0. The Morgan fingerprint density at radius 1 is 1.40 bits per heavy atom.